The van der Waals surface area contributed by atoms with Gasteiger partial charge in [-0.05, 0) is 31.2 Å². The molecule has 0 saturated heterocycles. The van der Waals surface area contributed by atoms with Crippen LogP contribution < -0.4 is 5.32 Å². The Hall–Kier alpha value is 0.310. The number of rotatable bonds is 7. The second-order valence-electron chi connectivity index (χ2n) is 5.11. The molecule has 0 aromatic carbocycles. The average Bonchev–Trinajstić information content (AvgIpc) is 2.23. The zero-order valence-corrected chi connectivity index (χ0v) is 11.1. The lowest BCUT2D eigenvalue weighted by molar-refractivity contribution is 0.264. The molecule has 0 aromatic heterocycles. The van der Waals surface area contributed by atoms with Crippen LogP contribution in [0.5, 0.6) is 0 Å². The van der Waals surface area contributed by atoms with Gasteiger partial charge < -0.3 is 5.32 Å². The minimum Gasteiger partial charge on any atom is -0.316 e. The van der Waals surface area contributed by atoms with Gasteiger partial charge >= 0.3 is 0 Å². The summed E-state index contributed by atoms with van der Waals surface area (Å²) < 4.78 is 0. The Morgan fingerprint density at radius 1 is 1.20 bits per heavy atom. The smallest absolute Gasteiger partial charge is 0.00397 e. The van der Waals surface area contributed by atoms with Crippen molar-refractivity contribution in [2.75, 3.05) is 18.8 Å². The molecule has 0 unspecified atom stereocenters. The van der Waals surface area contributed by atoms with Crippen molar-refractivity contribution in [2.24, 2.45) is 11.8 Å². The highest BCUT2D eigenvalue weighted by Gasteiger charge is 2.17. The third kappa shape index (κ3) is 6.47. The maximum atomic E-state index is 4.18. The predicted molar refractivity (Wildman–Crippen MR) is 71.7 cm³/mol. The van der Waals surface area contributed by atoms with Gasteiger partial charge in [0.05, 0.1) is 0 Å². The maximum absolute atomic E-state index is 4.18. The molecule has 0 aromatic rings. The molecule has 0 bridgehead atoms. The molecule has 2 atom stereocenters. The molecule has 0 spiro atoms. The average molecular weight is 229 g/mol. The third-order valence-electron chi connectivity index (χ3n) is 3.55. The van der Waals surface area contributed by atoms with Crippen molar-refractivity contribution < 1.29 is 0 Å². The quantitative estimate of drug-likeness (QED) is 0.503. The van der Waals surface area contributed by atoms with E-state index in [0.717, 1.165) is 24.1 Å². The highest BCUT2D eigenvalue weighted by Crippen LogP contribution is 2.31. The third-order valence-corrected chi connectivity index (χ3v) is 3.77. The number of thiol groups is 1. The van der Waals surface area contributed by atoms with Crippen molar-refractivity contribution in [3.63, 3.8) is 0 Å². The molecule has 1 N–H and O–H groups in total. The molecular weight excluding hydrogens is 202 g/mol. The van der Waals surface area contributed by atoms with Crippen molar-refractivity contribution in [3.8, 4) is 0 Å². The Labute approximate surface area is 101 Å². The lowest BCUT2D eigenvalue weighted by Gasteiger charge is -2.26. The summed E-state index contributed by atoms with van der Waals surface area (Å²) in [6.45, 7) is 4.66. The Morgan fingerprint density at radius 2 is 2.07 bits per heavy atom. The number of hydrogen-bond acceptors (Lipinski definition) is 2. The summed E-state index contributed by atoms with van der Waals surface area (Å²) in [4.78, 5) is 0. The van der Waals surface area contributed by atoms with Crippen LogP contribution in [0.15, 0.2) is 0 Å². The molecule has 1 aliphatic carbocycles. The standard InChI is InChI=1S/C13H27NS/c1-12-5-4-7-13(11-12)6-2-3-8-14-9-10-15/h12-15H,2-11H2,1H3/t12-,13+/m1/s1. The van der Waals surface area contributed by atoms with Gasteiger partial charge in [-0.3, -0.25) is 0 Å². The lowest BCUT2D eigenvalue weighted by Crippen LogP contribution is -2.18. The number of hydrogen-bond donors (Lipinski definition) is 2. The van der Waals surface area contributed by atoms with Gasteiger partial charge in [-0.15, -0.1) is 0 Å². The topological polar surface area (TPSA) is 12.0 Å². The van der Waals surface area contributed by atoms with Crippen LogP contribution in [0.1, 0.15) is 51.9 Å². The molecule has 0 amide bonds. The van der Waals surface area contributed by atoms with Crippen LogP contribution in [0, 0.1) is 11.8 Å². The molecular formula is C13H27NS. The molecule has 2 heteroatoms. The van der Waals surface area contributed by atoms with E-state index in [-0.39, 0.29) is 0 Å². The highest BCUT2D eigenvalue weighted by molar-refractivity contribution is 7.80. The second-order valence-corrected chi connectivity index (χ2v) is 5.55. The van der Waals surface area contributed by atoms with Gasteiger partial charge in [0.25, 0.3) is 0 Å². The van der Waals surface area contributed by atoms with Crippen molar-refractivity contribution >= 4 is 12.6 Å². The van der Waals surface area contributed by atoms with Crippen LogP contribution in [0.2, 0.25) is 0 Å². The van der Waals surface area contributed by atoms with E-state index in [1.165, 1.54) is 51.5 Å². The van der Waals surface area contributed by atoms with Gasteiger partial charge in [-0.2, -0.15) is 12.6 Å². The second kappa shape index (κ2) is 8.46. The van der Waals surface area contributed by atoms with Gasteiger partial charge in [0.2, 0.25) is 0 Å². The zero-order chi connectivity index (χ0) is 10.9. The van der Waals surface area contributed by atoms with Gasteiger partial charge in [-0.1, -0.05) is 39.0 Å². The Kier molecular flexibility index (Phi) is 7.54. The Morgan fingerprint density at radius 3 is 2.80 bits per heavy atom. The number of nitrogens with one attached hydrogen (secondary N) is 1. The first-order chi connectivity index (χ1) is 7.33. The Balaban J connectivity index is 1.90. The molecule has 1 fully saturated rings. The molecule has 1 rings (SSSR count). The van der Waals surface area contributed by atoms with E-state index in [0.29, 0.717) is 0 Å². The van der Waals surface area contributed by atoms with Gasteiger partial charge in [0.1, 0.15) is 0 Å². The van der Waals surface area contributed by atoms with Gasteiger partial charge in [0, 0.05) is 12.3 Å². The van der Waals surface area contributed by atoms with Gasteiger partial charge in [0.15, 0.2) is 0 Å². The van der Waals surface area contributed by atoms with Crippen molar-refractivity contribution in [1.82, 2.24) is 5.32 Å². The SMILES string of the molecule is C[C@@H]1CCC[C@H](CCCCNCCS)C1. The zero-order valence-electron chi connectivity index (χ0n) is 10.2. The first kappa shape index (κ1) is 13.4. The van der Waals surface area contributed by atoms with Crippen LogP contribution in [0.3, 0.4) is 0 Å². The van der Waals surface area contributed by atoms with E-state index >= 15 is 0 Å². The van der Waals surface area contributed by atoms with Crippen molar-refractivity contribution in [1.29, 1.82) is 0 Å². The van der Waals surface area contributed by atoms with Crippen LogP contribution in [-0.2, 0) is 0 Å². The van der Waals surface area contributed by atoms with Crippen molar-refractivity contribution in [2.45, 2.75) is 51.9 Å². The predicted octanol–water partition coefficient (Wildman–Crippen LogP) is 3.50. The molecule has 15 heavy (non-hydrogen) atoms. The first-order valence-corrected chi connectivity index (χ1v) is 7.27. The normalized spacial score (nSPS) is 26.8. The fourth-order valence-corrected chi connectivity index (χ4v) is 2.87. The summed E-state index contributed by atoms with van der Waals surface area (Å²) in [5, 5.41) is 3.41. The molecule has 0 heterocycles. The minimum absolute atomic E-state index is 0.958. The largest absolute Gasteiger partial charge is 0.316 e. The summed E-state index contributed by atoms with van der Waals surface area (Å²) in [7, 11) is 0. The molecule has 0 radical (unpaired) electrons. The molecule has 1 saturated carbocycles. The summed E-state index contributed by atoms with van der Waals surface area (Å²) in [6, 6.07) is 0. The maximum Gasteiger partial charge on any atom is 0.00397 e. The fraction of sp³-hybridized carbons (Fsp3) is 1.00. The first-order valence-electron chi connectivity index (χ1n) is 6.64. The molecule has 1 aliphatic rings. The van der Waals surface area contributed by atoms with Crippen LogP contribution in [-0.4, -0.2) is 18.8 Å². The van der Waals surface area contributed by atoms with E-state index in [4.69, 9.17) is 0 Å². The van der Waals surface area contributed by atoms with E-state index in [1.807, 2.05) is 0 Å². The van der Waals surface area contributed by atoms with E-state index in [2.05, 4.69) is 24.9 Å². The van der Waals surface area contributed by atoms with E-state index in [9.17, 15) is 0 Å². The highest BCUT2D eigenvalue weighted by atomic mass is 32.1. The minimum atomic E-state index is 0.958. The lowest BCUT2D eigenvalue weighted by atomic mass is 9.80. The van der Waals surface area contributed by atoms with Gasteiger partial charge in [-0.25, -0.2) is 0 Å². The fourth-order valence-electron chi connectivity index (χ4n) is 2.71. The van der Waals surface area contributed by atoms with Crippen LogP contribution >= 0.6 is 12.6 Å². The monoisotopic (exact) mass is 229 g/mol. The summed E-state index contributed by atoms with van der Waals surface area (Å²) in [5.41, 5.74) is 0. The summed E-state index contributed by atoms with van der Waals surface area (Å²) in [5.74, 6) is 2.99. The summed E-state index contributed by atoms with van der Waals surface area (Å²) in [6.07, 6.45) is 10.2. The Bertz CT molecular complexity index is 149. The number of unbranched alkanes of at least 4 members (excludes halogenated alkanes) is 1. The molecule has 90 valence electrons. The molecule has 1 nitrogen and oxygen atoms in total. The van der Waals surface area contributed by atoms with E-state index in [1.54, 1.807) is 0 Å². The summed E-state index contributed by atoms with van der Waals surface area (Å²) >= 11 is 4.18. The molecule has 0 aliphatic heterocycles. The van der Waals surface area contributed by atoms with Crippen molar-refractivity contribution in [3.05, 3.63) is 0 Å². The van der Waals surface area contributed by atoms with E-state index < -0.39 is 0 Å². The van der Waals surface area contributed by atoms with Crippen LogP contribution in [0.4, 0.5) is 0 Å². The van der Waals surface area contributed by atoms with Crippen LogP contribution in [0.25, 0.3) is 0 Å².